The van der Waals surface area contributed by atoms with Crippen molar-refractivity contribution in [3.63, 3.8) is 0 Å². The van der Waals surface area contributed by atoms with Crippen LogP contribution in [-0.4, -0.2) is 21.6 Å². The molecule has 0 aliphatic carbocycles. The summed E-state index contributed by atoms with van der Waals surface area (Å²) in [5.41, 5.74) is 8.92. The lowest BCUT2D eigenvalue weighted by atomic mass is 10.1. The second-order valence-corrected chi connectivity index (χ2v) is 7.57. The molecule has 0 unspecified atom stereocenters. The third kappa shape index (κ3) is 3.37. The monoisotopic (exact) mass is 396 g/mol. The fraction of sp³-hybridized carbons (Fsp3) is 0.200. The summed E-state index contributed by atoms with van der Waals surface area (Å²) in [6.07, 6.45) is 1.90. The van der Waals surface area contributed by atoms with Crippen LogP contribution in [0.1, 0.15) is 33.9 Å². The summed E-state index contributed by atoms with van der Waals surface area (Å²) in [5, 5.41) is 9.82. The minimum Gasteiger partial charge on any atom is -0.497 e. The summed E-state index contributed by atoms with van der Waals surface area (Å²) >= 11 is 0. The first-order chi connectivity index (χ1) is 14.4. The van der Waals surface area contributed by atoms with Gasteiger partial charge in [0.25, 0.3) is 0 Å². The number of allylic oxidation sites excluding steroid dienone is 1. The largest absolute Gasteiger partial charge is 0.497 e. The Hall–Kier alpha value is -3.78. The van der Waals surface area contributed by atoms with Crippen LogP contribution < -0.4 is 4.74 Å². The molecule has 5 heteroatoms. The van der Waals surface area contributed by atoms with Crippen molar-refractivity contribution in [3.8, 4) is 17.5 Å². The predicted octanol–water partition coefficient (Wildman–Crippen LogP) is 5.66. The second-order valence-electron chi connectivity index (χ2n) is 7.57. The van der Waals surface area contributed by atoms with Gasteiger partial charge in [0.1, 0.15) is 17.6 Å². The average molecular weight is 396 g/mol. The van der Waals surface area contributed by atoms with Gasteiger partial charge in [0.05, 0.1) is 23.7 Å². The summed E-state index contributed by atoms with van der Waals surface area (Å²) in [7, 11) is 1.66. The van der Waals surface area contributed by atoms with Gasteiger partial charge in [-0.3, -0.25) is 0 Å². The number of fused-ring (bicyclic) bond motifs is 1. The van der Waals surface area contributed by atoms with Crippen LogP contribution >= 0.6 is 0 Å². The lowest BCUT2D eigenvalue weighted by Gasteiger charge is -2.10. The molecule has 0 atom stereocenters. The van der Waals surface area contributed by atoms with E-state index in [9.17, 15) is 5.26 Å². The fourth-order valence-electron chi connectivity index (χ4n) is 3.77. The Labute approximate surface area is 176 Å². The summed E-state index contributed by atoms with van der Waals surface area (Å²) in [5.74, 6) is 1.41. The van der Waals surface area contributed by atoms with Crippen molar-refractivity contribution in [2.45, 2.75) is 27.7 Å². The Morgan fingerprint density at radius 2 is 1.77 bits per heavy atom. The van der Waals surface area contributed by atoms with E-state index in [4.69, 9.17) is 4.74 Å². The number of benzene rings is 2. The SMILES string of the molecule is COc1ccc(-n2c(C)cc(/C=C(\C#N)c3nc4cc(C)c(C)cc4[nH]3)c2C)cc1. The number of aromatic nitrogens is 3. The first-order valence-corrected chi connectivity index (χ1v) is 9.83. The van der Waals surface area contributed by atoms with Gasteiger partial charge >= 0.3 is 0 Å². The normalized spacial score (nSPS) is 11.7. The number of nitrogens with one attached hydrogen (secondary N) is 1. The van der Waals surface area contributed by atoms with Crippen molar-refractivity contribution in [1.82, 2.24) is 14.5 Å². The van der Waals surface area contributed by atoms with Crippen molar-refractivity contribution >= 4 is 22.7 Å². The first-order valence-electron chi connectivity index (χ1n) is 9.83. The van der Waals surface area contributed by atoms with Crippen molar-refractivity contribution in [3.05, 3.63) is 76.4 Å². The molecule has 30 heavy (non-hydrogen) atoms. The fourth-order valence-corrected chi connectivity index (χ4v) is 3.77. The molecule has 0 fully saturated rings. The molecule has 0 bridgehead atoms. The van der Waals surface area contributed by atoms with Gasteiger partial charge in [-0.05, 0) is 92.9 Å². The minimum absolute atomic E-state index is 0.511. The summed E-state index contributed by atoms with van der Waals surface area (Å²) in [6.45, 7) is 8.26. The first kappa shape index (κ1) is 19.5. The number of ether oxygens (including phenoxy) is 1. The molecule has 2 aromatic carbocycles. The number of hydrogen-bond donors (Lipinski definition) is 1. The van der Waals surface area contributed by atoms with Crippen LogP contribution in [0.15, 0.2) is 42.5 Å². The van der Waals surface area contributed by atoms with Gasteiger partial charge in [-0.15, -0.1) is 0 Å². The number of imidazole rings is 1. The molecular weight excluding hydrogens is 372 g/mol. The molecule has 0 aliphatic heterocycles. The zero-order chi connectivity index (χ0) is 21.4. The van der Waals surface area contributed by atoms with E-state index in [0.717, 1.165) is 39.4 Å². The van der Waals surface area contributed by atoms with Crippen LogP contribution in [0.2, 0.25) is 0 Å². The van der Waals surface area contributed by atoms with E-state index in [-0.39, 0.29) is 0 Å². The Bertz CT molecular complexity index is 1280. The van der Waals surface area contributed by atoms with Crippen LogP contribution in [0.3, 0.4) is 0 Å². The highest BCUT2D eigenvalue weighted by Gasteiger charge is 2.13. The number of aromatic amines is 1. The van der Waals surface area contributed by atoms with Crippen molar-refractivity contribution < 1.29 is 4.74 Å². The van der Waals surface area contributed by atoms with E-state index >= 15 is 0 Å². The lowest BCUT2D eigenvalue weighted by molar-refractivity contribution is 0.414. The molecule has 4 rings (SSSR count). The van der Waals surface area contributed by atoms with Crippen molar-refractivity contribution in [1.29, 1.82) is 5.26 Å². The molecule has 0 radical (unpaired) electrons. The van der Waals surface area contributed by atoms with E-state index in [0.29, 0.717) is 11.4 Å². The maximum Gasteiger partial charge on any atom is 0.149 e. The van der Waals surface area contributed by atoms with Gasteiger partial charge in [-0.2, -0.15) is 5.26 Å². The zero-order valence-electron chi connectivity index (χ0n) is 17.9. The molecule has 0 saturated heterocycles. The maximum absolute atomic E-state index is 9.82. The standard InChI is InChI=1S/C25H24N4O/c1-15-10-23-24(11-16(15)2)28-25(27-23)20(14-26)13-19-12-17(3)29(18(19)4)21-6-8-22(30-5)9-7-21/h6-13H,1-5H3,(H,27,28)/b20-13+. The molecule has 2 heterocycles. The number of methoxy groups -OCH3 is 1. The number of nitrogens with zero attached hydrogens (tertiary/aromatic N) is 3. The molecule has 0 amide bonds. The Morgan fingerprint density at radius 3 is 2.43 bits per heavy atom. The van der Waals surface area contributed by atoms with Gasteiger partial charge < -0.3 is 14.3 Å². The third-order valence-corrected chi connectivity index (χ3v) is 5.57. The highest BCUT2D eigenvalue weighted by Crippen LogP contribution is 2.27. The van der Waals surface area contributed by atoms with Crippen LogP contribution in [0, 0.1) is 39.0 Å². The van der Waals surface area contributed by atoms with E-state index in [2.05, 4.69) is 66.5 Å². The van der Waals surface area contributed by atoms with Gasteiger partial charge in [0.15, 0.2) is 0 Å². The number of aryl methyl sites for hydroxylation is 3. The molecule has 4 aromatic rings. The van der Waals surface area contributed by atoms with Crippen molar-refractivity contribution in [2.75, 3.05) is 7.11 Å². The third-order valence-electron chi connectivity index (χ3n) is 5.57. The predicted molar refractivity (Wildman–Crippen MR) is 121 cm³/mol. The molecule has 0 spiro atoms. The molecule has 0 saturated carbocycles. The van der Waals surface area contributed by atoms with Crippen molar-refractivity contribution in [2.24, 2.45) is 0 Å². The number of hydrogen-bond acceptors (Lipinski definition) is 3. The van der Waals surface area contributed by atoms with E-state index in [1.165, 1.54) is 11.1 Å². The summed E-state index contributed by atoms with van der Waals surface area (Å²) < 4.78 is 7.43. The van der Waals surface area contributed by atoms with Gasteiger partial charge in [-0.1, -0.05) is 0 Å². The topological polar surface area (TPSA) is 66.6 Å². The minimum atomic E-state index is 0.511. The highest BCUT2D eigenvalue weighted by molar-refractivity contribution is 5.91. The van der Waals surface area contributed by atoms with Crippen LogP contribution in [0.25, 0.3) is 28.4 Å². The van der Waals surface area contributed by atoms with Gasteiger partial charge in [0.2, 0.25) is 0 Å². The second kappa shape index (κ2) is 7.57. The van der Waals surface area contributed by atoms with Gasteiger partial charge in [-0.25, -0.2) is 4.98 Å². The maximum atomic E-state index is 9.82. The van der Waals surface area contributed by atoms with Gasteiger partial charge in [0, 0.05) is 17.1 Å². The van der Waals surface area contributed by atoms with E-state index in [1.807, 2.05) is 30.3 Å². The molecule has 1 N–H and O–H groups in total. The van der Waals surface area contributed by atoms with E-state index < -0.39 is 0 Å². The highest BCUT2D eigenvalue weighted by atomic mass is 16.5. The Morgan fingerprint density at radius 1 is 1.07 bits per heavy atom. The quantitative estimate of drug-likeness (QED) is 0.453. The average Bonchev–Trinajstić information content (AvgIpc) is 3.26. The number of rotatable bonds is 4. The summed E-state index contributed by atoms with van der Waals surface area (Å²) in [4.78, 5) is 7.95. The van der Waals surface area contributed by atoms with E-state index in [1.54, 1.807) is 7.11 Å². The zero-order valence-corrected chi connectivity index (χ0v) is 17.9. The molecular formula is C25H24N4O. The number of H-pyrrole nitrogens is 1. The lowest BCUT2D eigenvalue weighted by Crippen LogP contribution is -1.99. The molecule has 150 valence electrons. The molecule has 0 aliphatic rings. The van der Waals surface area contributed by atoms with Crippen LogP contribution in [0.4, 0.5) is 0 Å². The number of nitriles is 1. The molecule has 2 aromatic heterocycles. The Balaban J connectivity index is 1.77. The molecule has 5 nitrogen and oxygen atoms in total. The smallest absolute Gasteiger partial charge is 0.149 e. The van der Waals surface area contributed by atoms with Crippen LogP contribution in [0.5, 0.6) is 5.75 Å². The Kier molecular flexibility index (Phi) is 4.93. The van der Waals surface area contributed by atoms with Crippen LogP contribution in [-0.2, 0) is 0 Å². The summed E-state index contributed by atoms with van der Waals surface area (Å²) in [6, 6.07) is 16.5.